The van der Waals surface area contributed by atoms with E-state index < -0.39 is 27.1 Å². The molecule has 2 aliphatic rings. The van der Waals surface area contributed by atoms with Gasteiger partial charge in [-0.1, -0.05) is 0 Å². The normalized spacial score (nSPS) is 20.8. The zero-order valence-corrected chi connectivity index (χ0v) is 18.0. The maximum atomic E-state index is 15.2. The highest BCUT2D eigenvalue weighted by Crippen LogP contribution is 2.42. The van der Waals surface area contributed by atoms with Crippen LogP contribution < -0.4 is 26.7 Å². The van der Waals surface area contributed by atoms with E-state index in [1.54, 1.807) is 13.8 Å². The van der Waals surface area contributed by atoms with Crippen molar-refractivity contribution in [1.29, 1.82) is 0 Å². The van der Waals surface area contributed by atoms with E-state index in [4.69, 9.17) is 5.84 Å². The van der Waals surface area contributed by atoms with Gasteiger partial charge < -0.3 is 10.7 Å². The molecular weight excluding hydrogens is 413 g/mol. The van der Waals surface area contributed by atoms with Crippen LogP contribution in [0.1, 0.15) is 43.2 Å². The first-order valence-electron chi connectivity index (χ1n) is 9.97. The summed E-state index contributed by atoms with van der Waals surface area (Å²) in [5.74, 6) is 5.11. The summed E-state index contributed by atoms with van der Waals surface area (Å²) in [4.78, 5) is 27.1. The SMILES string of the molecule is Cc1c(N2CCC(C(C)NS(C)(=O)=O)C2)c(F)cn2c(=O)n(N)c(=O)c(C3CC3)c12. The molecule has 1 aliphatic heterocycles. The second-order valence-electron chi connectivity index (χ2n) is 8.49. The molecule has 2 fully saturated rings. The van der Waals surface area contributed by atoms with Crippen LogP contribution in [0.15, 0.2) is 15.8 Å². The van der Waals surface area contributed by atoms with E-state index in [2.05, 4.69) is 4.72 Å². The van der Waals surface area contributed by atoms with Crippen LogP contribution in [0.5, 0.6) is 0 Å². The quantitative estimate of drug-likeness (QED) is 0.646. The summed E-state index contributed by atoms with van der Waals surface area (Å²) in [5, 5.41) is 0. The van der Waals surface area contributed by atoms with Crippen molar-refractivity contribution in [3.8, 4) is 0 Å². The molecule has 11 heteroatoms. The molecule has 4 rings (SSSR count). The van der Waals surface area contributed by atoms with Gasteiger partial charge in [0.05, 0.1) is 23.7 Å². The summed E-state index contributed by atoms with van der Waals surface area (Å²) < 4.78 is 42.5. The minimum Gasteiger partial charge on any atom is -0.368 e. The van der Waals surface area contributed by atoms with Crippen molar-refractivity contribution in [3.05, 3.63) is 44.0 Å². The summed E-state index contributed by atoms with van der Waals surface area (Å²) in [6.45, 7) is 4.53. The smallest absolute Gasteiger partial charge is 0.354 e. The Labute approximate surface area is 173 Å². The number of fused-ring (bicyclic) bond motifs is 1. The number of nitrogen functional groups attached to an aromatic ring is 1. The fourth-order valence-electron chi connectivity index (χ4n) is 4.59. The Morgan fingerprint density at radius 3 is 2.53 bits per heavy atom. The van der Waals surface area contributed by atoms with Gasteiger partial charge in [0.25, 0.3) is 5.56 Å². The molecule has 0 aromatic carbocycles. The van der Waals surface area contributed by atoms with Gasteiger partial charge in [-0.05, 0) is 44.9 Å². The topological polar surface area (TPSA) is 119 Å². The molecule has 0 amide bonds. The van der Waals surface area contributed by atoms with E-state index in [9.17, 15) is 18.0 Å². The molecule has 1 saturated carbocycles. The molecule has 3 heterocycles. The van der Waals surface area contributed by atoms with Gasteiger partial charge in [-0.2, -0.15) is 4.68 Å². The number of halogens is 1. The van der Waals surface area contributed by atoms with Crippen LogP contribution in [0.4, 0.5) is 10.1 Å². The van der Waals surface area contributed by atoms with Crippen molar-refractivity contribution in [2.45, 2.75) is 45.1 Å². The highest BCUT2D eigenvalue weighted by molar-refractivity contribution is 7.88. The molecule has 9 nitrogen and oxygen atoms in total. The van der Waals surface area contributed by atoms with Crippen LogP contribution in [-0.2, 0) is 10.0 Å². The number of nitrogens with zero attached hydrogens (tertiary/aromatic N) is 3. The van der Waals surface area contributed by atoms with Crippen LogP contribution in [0.25, 0.3) is 5.52 Å². The lowest BCUT2D eigenvalue weighted by molar-refractivity contribution is 0.449. The molecule has 0 radical (unpaired) electrons. The van der Waals surface area contributed by atoms with Gasteiger partial charge in [0.15, 0.2) is 5.82 Å². The Balaban J connectivity index is 1.80. The van der Waals surface area contributed by atoms with Crippen LogP contribution >= 0.6 is 0 Å². The monoisotopic (exact) mass is 439 g/mol. The van der Waals surface area contributed by atoms with E-state index >= 15 is 4.39 Å². The first-order valence-corrected chi connectivity index (χ1v) is 11.9. The van der Waals surface area contributed by atoms with Crippen molar-refractivity contribution < 1.29 is 12.8 Å². The Morgan fingerprint density at radius 2 is 1.93 bits per heavy atom. The third-order valence-electron chi connectivity index (χ3n) is 6.17. The van der Waals surface area contributed by atoms with Gasteiger partial charge in [0, 0.05) is 30.3 Å². The fourth-order valence-corrected chi connectivity index (χ4v) is 5.46. The first-order chi connectivity index (χ1) is 14.0. The van der Waals surface area contributed by atoms with Gasteiger partial charge in [0.1, 0.15) is 0 Å². The Morgan fingerprint density at radius 1 is 1.27 bits per heavy atom. The van der Waals surface area contributed by atoms with Gasteiger partial charge in [-0.3, -0.25) is 9.20 Å². The third kappa shape index (κ3) is 3.49. The van der Waals surface area contributed by atoms with Crippen LogP contribution in [0.2, 0.25) is 0 Å². The summed E-state index contributed by atoms with van der Waals surface area (Å²) in [5.41, 5.74) is 0.442. The van der Waals surface area contributed by atoms with E-state index in [1.165, 1.54) is 0 Å². The van der Waals surface area contributed by atoms with E-state index in [0.29, 0.717) is 46.5 Å². The molecule has 1 aliphatic carbocycles. The third-order valence-corrected chi connectivity index (χ3v) is 6.97. The highest BCUT2D eigenvalue weighted by atomic mass is 32.2. The summed E-state index contributed by atoms with van der Waals surface area (Å²) in [6, 6.07) is -0.289. The van der Waals surface area contributed by atoms with Crippen molar-refractivity contribution >= 4 is 21.2 Å². The fraction of sp³-hybridized carbons (Fsp3) is 0.579. The number of pyridine rings is 1. The maximum absolute atomic E-state index is 15.2. The number of sulfonamides is 1. The predicted molar refractivity (Wildman–Crippen MR) is 113 cm³/mol. The van der Waals surface area contributed by atoms with E-state index in [-0.39, 0.29) is 17.9 Å². The molecule has 30 heavy (non-hydrogen) atoms. The van der Waals surface area contributed by atoms with Crippen LogP contribution in [0, 0.1) is 18.7 Å². The maximum Gasteiger partial charge on any atom is 0.354 e. The molecular formula is C19H26FN5O4S. The molecule has 2 aromatic rings. The van der Waals surface area contributed by atoms with Gasteiger partial charge in [0.2, 0.25) is 10.0 Å². The molecule has 3 N–H and O–H groups in total. The number of nitrogens with two attached hydrogens (primary N) is 1. The zero-order chi connectivity index (χ0) is 22.0. The van der Waals surface area contributed by atoms with E-state index in [1.807, 2.05) is 4.90 Å². The van der Waals surface area contributed by atoms with Crippen molar-refractivity contribution in [2.75, 3.05) is 30.1 Å². The number of hydrogen-bond donors (Lipinski definition) is 2. The molecule has 2 aromatic heterocycles. The number of aromatic nitrogens is 2. The lowest BCUT2D eigenvalue weighted by Gasteiger charge is -2.25. The molecule has 1 saturated heterocycles. The Kier molecular flexibility index (Phi) is 4.93. The minimum atomic E-state index is -3.34. The highest BCUT2D eigenvalue weighted by Gasteiger charge is 2.34. The molecule has 2 atom stereocenters. The standard InChI is InChI=1S/C19H26FN5O4S/c1-10-16(23-7-6-13(8-23)11(2)22-30(3,28)29)14(20)9-24-17(10)15(12-4-5-12)18(26)25(21)19(24)27/h9,11-13,22H,4-8,21H2,1-3H3. The summed E-state index contributed by atoms with van der Waals surface area (Å²) in [7, 11) is -3.34. The van der Waals surface area contributed by atoms with Gasteiger partial charge in [-0.15, -0.1) is 0 Å². The van der Waals surface area contributed by atoms with E-state index in [0.717, 1.165) is 29.7 Å². The summed E-state index contributed by atoms with van der Waals surface area (Å²) in [6.07, 6.45) is 4.57. The Hall–Kier alpha value is -2.40. The van der Waals surface area contributed by atoms with Crippen LogP contribution in [0.3, 0.4) is 0 Å². The van der Waals surface area contributed by atoms with Crippen LogP contribution in [-0.4, -0.2) is 42.9 Å². The Bertz CT molecular complexity index is 1250. The predicted octanol–water partition coefficient (Wildman–Crippen LogP) is 0.264. The average molecular weight is 440 g/mol. The van der Waals surface area contributed by atoms with Crippen molar-refractivity contribution in [3.63, 3.8) is 0 Å². The molecule has 0 spiro atoms. The van der Waals surface area contributed by atoms with Crippen molar-refractivity contribution in [1.82, 2.24) is 13.8 Å². The lowest BCUT2D eigenvalue weighted by Crippen LogP contribution is -2.44. The number of aryl methyl sites for hydroxylation is 1. The number of nitrogens with one attached hydrogen (secondary N) is 1. The molecule has 0 bridgehead atoms. The van der Waals surface area contributed by atoms with Gasteiger partial charge >= 0.3 is 5.69 Å². The molecule has 164 valence electrons. The number of anilines is 1. The second-order valence-corrected chi connectivity index (χ2v) is 10.3. The molecule has 2 unspecified atom stereocenters. The average Bonchev–Trinajstić information content (AvgIpc) is 3.36. The zero-order valence-electron chi connectivity index (χ0n) is 17.2. The minimum absolute atomic E-state index is 0.0110. The van der Waals surface area contributed by atoms with Crippen molar-refractivity contribution in [2.24, 2.45) is 5.92 Å². The number of rotatable bonds is 5. The number of hydrogen-bond acceptors (Lipinski definition) is 6. The second kappa shape index (κ2) is 7.09. The lowest BCUT2D eigenvalue weighted by atomic mass is 10.0. The first kappa shape index (κ1) is 20.9. The largest absolute Gasteiger partial charge is 0.368 e. The van der Waals surface area contributed by atoms with Gasteiger partial charge in [-0.25, -0.2) is 22.3 Å². The summed E-state index contributed by atoms with van der Waals surface area (Å²) >= 11 is 0.